The lowest BCUT2D eigenvalue weighted by atomic mass is 9.89. The smallest absolute Gasteiger partial charge is 0.250 e. The number of ether oxygens (including phenoxy) is 1. The molecule has 2 aromatic rings. The van der Waals surface area contributed by atoms with Gasteiger partial charge in [0.25, 0.3) is 5.91 Å². The Labute approximate surface area is 158 Å². The Morgan fingerprint density at radius 1 is 1.52 bits per heavy atom. The highest BCUT2D eigenvalue weighted by atomic mass is 16.5. The molecule has 0 spiro atoms. The molecule has 2 atom stereocenters. The number of nitrogens with two attached hydrogens (primary N) is 1. The van der Waals surface area contributed by atoms with Crippen LogP contribution in [0.4, 0.5) is 0 Å². The lowest BCUT2D eigenvalue weighted by molar-refractivity contribution is -0.135. The molecule has 0 radical (unpaired) electrons. The molecular formula is C20H25N5O2. The maximum atomic E-state index is 12.7. The number of pyridine rings is 1. The van der Waals surface area contributed by atoms with Crippen LogP contribution in [0.2, 0.25) is 0 Å². The van der Waals surface area contributed by atoms with Crippen LogP contribution in [0.3, 0.4) is 0 Å². The van der Waals surface area contributed by atoms with Gasteiger partial charge in [-0.3, -0.25) is 9.78 Å². The third-order valence-corrected chi connectivity index (χ3v) is 4.57. The van der Waals surface area contributed by atoms with E-state index in [0.717, 1.165) is 17.5 Å². The predicted octanol–water partition coefficient (Wildman–Crippen LogP) is 1.38. The normalized spacial score (nSPS) is 18.7. The molecule has 27 heavy (non-hydrogen) atoms. The Morgan fingerprint density at radius 2 is 2.33 bits per heavy atom. The molecular weight excluding hydrogens is 342 g/mol. The molecule has 3 rings (SSSR count). The zero-order valence-corrected chi connectivity index (χ0v) is 15.7. The molecule has 0 saturated carbocycles. The summed E-state index contributed by atoms with van der Waals surface area (Å²) in [5, 5.41) is 16.5. The van der Waals surface area contributed by atoms with Crippen molar-refractivity contribution in [3.8, 4) is 6.07 Å². The number of fused-ring (bicyclic) bond motifs is 1. The van der Waals surface area contributed by atoms with Gasteiger partial charge in [0.05, 0.1) is 23.7 Å². The first-order valence-corrected chi connectivity index (χ1v) is 9.08. The number of morpholine rings is 1. The monoisotopic (exact) mass is 367 g/mol. The summed E-state index contributed by atoms with van der Waals surface area (Å²) in [6, 6.07) is 9.22. The molecule has 0 unspecified atom stereocenters. The van der Waals surface area contributed by atoms with Crippen molar-refractivity contribution >= 4 is 16.8 Å². The maximum Gasteiger partial charge on any atom is 0.250 e. The van der Waals surface area contributed by atoms with Crippen molar-refractivity contribution in [2.24, 2.45) is 5.73 Å². The van der Waals surface area contributed by atoms with Gasteiger partial charge in [0.15, 0.2) is 0 Å². The SMILES string of the molecule is CC(C)(N)C[C@@H](NC(=O)[C@H]1CNCCO1)c1ccc(C#N)c2ncccc12. The number of aromatic nitrogens is 1. The summed E-state index contributed by atoms with van der Waals surface area (Å²) in [5.74, 6) is -0.169. The Bertz CT molecular complexity index is 863. The number of nitrogens with one attached hydrogen (secondary N) is 2. The highest BCUT2D eigenvalue weighted by Gasteiger charge is 2.28. The van der Waals surface area contributed by atoms with E-state index in [2.05, 4.69) is 21.7 Å². The third kappa shape index (κ3) is 4.61. The summed E-state index contributed by atoms with van der Waals surface area (Å²) >= 11 is 0. The Balaban J connectivity index is 1.97. The number of carbonyl (C=O) groups excluding carboxylic acids is 1. The molecule has 1 aliphatic rings. The average Bonchev–Trinajstić information content (AvgIpc) is 2.66. The van der Waals surface area contributed by atoms with Gasteiger partial charge in [0.2, 0.25) is 0 Å². The summed E-state index contributed by atoms with van der Waals surface area (Å²) in [4.78, 5) is 17.1. The standard InChI is InChI=1S/C20H25N5O2/c1-20(2,22)10-16(25-19(26)17-12-23-8-9-27-17)14-6-5-13(11-21)18-15(14)4-3-7-24-18/h3-7,16-17,23H,8-10,12,22H2,1-2H3,(H,25,26)/t16-,17-/m1/s1. The first-order chi connectivity index (χ1) is 12.9. The van der Waals surface area contributed by atoms with Gasteiger partial charge in [0, 0.05) is 30.2 Å². The fraction of sp³-hybridized carbons (Fsp3) is 0.450. The fourth-order valence-corrected chi connectivity index (χ4v) is 3.35. The van der Waals surface area contributed by atoms with E-state index >= 15 is 0 Å². The molecule has 7 nitrogen and oxygen atoms in total. The first-order valence-electron chi connectivity index (χ1n) is 9.08. The van der Waals surface area contributed by atoms with Crippen molar-refractivity contribution in [2.75, 3.05) is 19.7 Å². The number of nitriles is 1. The molecule has 7 heteroatoms. The van der Waals surface area contributed by atoms with E-state index in [-0.39, 0.29) is 11.9 Å². The minimum absolute atomic E-state index is 0.169. The van der Waals surface area contributed by atoms with Crippen LogP contribution in [0, 0.1) is 11.3 Å². The van der Waals surface area contributed by atoms with Crippen LogP contribution in [0.1, 0.15) is 37.4 Å². The Kier molecular flexibility index (Phi) is 5.71. The van der Waals surface area contributed by atoms with E-state index in [1.165, 1.54) is 0 Å². The highest BCUT2D eigenvalue weighted by Crippen LogP contribution is 2.30. The summed E-state index contributed by atoms with van der Waals surface area (Å²) in [6.45, 7) is 5.59. The number of carbonyl (C=O) groups is 1. The van der Waals surface area contributed by atoms with Gasteiger partial charge in [-0.05, 0) is 38.0 Å². The highest BCUT2D eigenvalue weighted by molar-refractivity contribution is 5.88. The number of amides is 1. The van der Waals surface area contributed by atoms with Gasteiger partial charge >= 0.3 is 0 Å². The largest absolute Gasteiger partial charge is 0.366 e. The van der Waals surface area contributed by atoms with Gasteiger partial charge in [-0.2, -0.15) is 5.26 Å². The molecule has 0 bridgehead atoms. The molecule has 1 aromatic heterocycles. The molecule has 2 heterocycles. The molecule has 4 N–H and O–H groups in total. The van der Waals surface area contributed by atoms with Gasteiger partial charge in [0.1, 0.15) is 12.2 Å². The number of rotatable bonds is 5. The lowest BCUT2D eigenvalue weighted by Gasteiger charge is -2.30. The van der Waals surface area contributed by atoms with Gasteiger partial charge in [-0.25, -0.2) is 0 Å². The fourth-order valence-electron chi connectivity index (χ4n) is 3.35. The van der Waals surface area contributed by atoms with Gasteiger partial charge in [-0.15, -0.1) is 0 Å². The van der Waals surface area contributed by atoms with Crippen LogP contribution in [0.15, 0.2) is 30.5 Å². The van der Waals surface area contributed by atoms with Crippen molar-refractivity contribution < 1.29 is 9.53 Å². The second-order valence-corrected chi connectivity index (χ2v) is 7.53. The predicted molar refractivity (Wildman–Crippen MR) is 103 cm³/mol. The van der Waals surface area contributed by atoms with Crippen LogP contribution >= 0.6 is 0 Å². The number of hydrogen-bond donors (Lipinski definition) is 3. The molecule has 1 saturated heterocycles. The van der Waals surface area contributed by atoms with Crippen molar-refractivity contribution in [3.05, 3.63) is 41.6 Å². The summed E-state index contributed by atoms with van der Waals surface area (Å²) in [5.41, 5.74) is 7.80. The van der Waals surface area contributed by atoms with Crippen molar-refractivity contribution in [1.29, 1.82) is 5.26 Å². The quantitative estimate of drug-likeness (QED) is 0.736. The van der Waals surface area contributed by atoms with Crippen LogP contribution < -0.4 is 16.4 Å². The molecule has 1 aliphatic heterocycles. The van der Waals surface area contributed by atoms with Gasteiger partial charge < -0.3 is 21.1 Å². The van der Waals surface area contributed by atoms with Crippen LogP contribution in [-0.4, -0.2) is 42.2 Å². The molecule has 142 valence electrons. The van der Waals surface area contributed by atoms with Crippen molar-refractivity contribution in [2.45, 2.75) is 38.0 Å². The summed E-state index contributed by atoms with van der Waals surface area (Å²) in [7, 11) is 0. The van der Waals surface area contributed by atoms with Crippen molar-refractivity contribution in [3.63, 3.8) is 0 Å². The van der Waals surface area contributed by atoms with Crippen LogP contribution in [-0.2, 0) is 9.53 Å². The average molecular weight is 367 g/mol. The van der Waals surface area contributed by atoms with E-state index < -0.39 is 11.6 Å². The zero-order valence-electron chi connectivity index (χ0n) is 15.7. The van der Waals surface area contributed by atoms with E-state index in [9.17, 15) is 10.1 Å². The molecule has 1 amide bonds. The van der Waals surface area contributed by atoms with Crippen LogP contribution in [0.25, 0.3) is 10.9 Å². The van der Waals surface area contributed by atoms with E-state index in [1.807, 2.05) is 32.0 Å². The summed E-state index contributed by atoms with van der Waals surface area (Å²) in [6.07, 6.45) is 1.67. The maximum absolute atomic E-state index is 12.7. The Morgan fingerprint density at radius 3 is 3.00 bits per heavy atom. The first kappa shape index (κ1) is 19.2. The third-order valence-electron chi connectivity index (χ3n) is 4.57. The number of benzene rings is 1. The topological polar surface area (TPSA) is 113 Å². The summed E-state index contributed by atoms with van der Waals surface area (Å²) < 4.78 is 5.57. The second-order valence-electron chi connectivity index (χ2n) is 7.53. The second kappa shape index (κ2) is 8.01. The minimum atomic E-state index is -0.523. The van der Waals surface area contributed by atoms with Crippen molar-refractivity contribution in [1.82, 2.24) is 15.6 Å². The molecule has 1 fully saturated rings. The van der Waals surface area contributed by atoms with Crippen LogP contribution in [0.5, 0.6) is 0 Å². The number of hydrogen-bond acceptors (Lipinski definition) is 6. The van der Waals surface area contributed by atoms with E-state index in [0.29, 0.717) is 30.7 Å². The Hall–Kier alpha value is -2.53. The van der Waals surface area contributed by atoms with E-state index in [4.69, 9.17) is 10.5 Å². The lowest BCUT2D eigenvalue weighted by Crippen LogP contribution is -2.49. The zero-order chi connectivity index (χ0) is 19.4. The van der Waals surface area contributed by atoms with Gasteiger partial charge in [-0.1, -0.05) is 12.1 Å². The number of nitrogens with zero attached hydrogens (tertiary/aromatic N) is 2. The minimum Gasteiger partial charge on any atom is -0.366 e. The molecule has 0 aliphatic carbocycles. The molecule has 1 aromatic carbocycles. The van der Waals surface area contributed by atoms with E-state index in [1.54, 1.807) is 12.3 Å².